The number of ether oxygens (including phenoxy) is 1. The topological polar surface area (TPSA) is 87.0 Å². The molecule has 1 unspecified atom stereocenters. The molecule has 2 aliphatic carbocycles. The highest BCUT2D eigenvalue weighted by molar-refractivity contribution is 5.66. The lowest BCUT2D eigenvalue weighted by atomic mass is 9.53. The van der Waals surface area contributed by atoms with E-state index in [2.05, 4.69) is 24.8 Å². The van der Waals surface area contributed by atoms with Crippen LogP contribution in [0.2, 0.25) is 0 Å². The summed E-state index contributed by atoms with van der Waals surface area (Å²) in [5.41, 5.74) is 0.831. The number of carbonyl (C=O) groups is 1. The van der Waals surface area contributed by atoms with Gasteiger partial charge in [0.2, 0.25) is 0 Å². The largest absolute Gasteiger partial charge is 0.481 e. The molecule has 2 fully saturated rings. The lowest BCUT2D eigenvalue weighted by Gasteiger charge is -2.57. The van der Waals surface area contributed by atoms with Crippen molar-refractivity contribution in [1.29, 1.82) is 0 Å². The van der Waals surface area contributed by atoms with E-state index < -0.39 is 18.2 Å². The fraction of sp³-hybridized carbons (Fsp3) is 0.792. The second kappa shape index (κ2) is 11.7. The molecule has 2 saturated carbocycles. The molecule has 0 aromatic carbocycles. The van der Waals surface area contributed by atoms with Gasteiger partial charge in [-0.2, -0.15) is 0 Å². The maximum atomic E-state index is 10.7. The van der Waals surface area contributed by atoms with E-state index in [4.69, 9.17) is 9.84 Å². The molecule has 3 N–H and O–H groups in total. The van der Waals surface area contributed by atoms with Crippen molar-refractivity contribution in [3.05, 3.63) is 11.6 Å². The monoisotopic (exact) mass is 406 g/mol. The fourth-order valence-corrected chi connectivity index (χ4v) is 4.83. The van der Waals surface area contributed by atoms with Gasteiger partial charge in [0.15, 0.2) is 0 Å². The van der Waals surface area contributed by atoms with E-state index >= 15 is 0 Å². The number of aliphatic hydroxyl groups excluding tert-OH is 2. The third kappa shape index (κ3) is 6.31. The van der Waals surface area contributed by atoms with E-state index in [1.54, 1.807) is 7.11 Å². The number of aliphatic carboxylic acids is 1. The molecular weight excluding hydrogens is 368 g/mol. The highest BCUT2D eigenvalue weighted by Crippen LogP contribution is 2.56. The summed E-state index contributed by atoms with van der Waals surface area (Å²) in [7, 11) is 1.71. The molecule has 0 bridgehead atoms. The van der Waals surface area contributed by atoms with Crippen LogP contribution in [0.15, 0.2) is 11.6 Å². The first-order chi connectivity index (χ1) is 13.9. The number of hydrogen-bond acceptors (Lipinski definition) is 4. The molecule has 5 heteroatoms. The quantitative estimate of drug-likeness (QED) is 0.274. The number of carboxylic acids is 1. The Balaban J connectivity index is 1.93. The standard InChI is InChI=1S/C24H38O5/c1-3-4-5-6-7-11-19(25)13-14-20-21-17-18(10-8-9-12-23(27)28)24(21,29-2)16-15-22(20)26/h10,19-22,25-26H,3-9,11-12,15-17H2,1-2H3,(H,27,28)/t19?,20-,21-,22-,24+/m1/s1. The molecule has 5 nitrogen and oxygen atoms in total. The van der Waals surface area contributed by atoms with Crippen molar-refractivity contribution < 1.29 is 24.9 Å². The summed E-state index contributed by atoms with van der Waals surface area (Å²) in [5, 5.41) is 29.5. The Kier molecular flexibility index (Phi) is 9.68. The van der Waals surface area contributed by atoms with Crippen LogP contribution in [0.3, 0.4) is 0 Å². The highest BCUT2D eigenvalue weighted by atomic mass is 16.5. The minimum atomic E-state index is -0.767. The first-order valence-electron chi connectivity index (χ1n) is 11.3. The molecule has 2 rings (SSSR count). The molecule has 0 saturated heterocycles. The number of methoxy groups -OCH3 is 1. The number of fused-ring (bicyclic) bond motifs is 1. The van der Waals surface area contributed by atoms with Crippen molar-refractivity contribution in [2.45, 2.75) is 102 Å². The average molecular weight is 407 g/mol. The van der Waals surface area contributed by atoms with Crippen LogP contribution >= 0.6 is 0 Å². The summed E-state index contributed by atoms with van der Waals surface area (Å²) in [6, 6.07) is 0. The van der Waals surface area contributed by atoms with E-state index in [1.807, 2.05) is 0 Å². The molecule has 0 amide bonds. The zero-order valence-electron chi connectivity index (χ0n) is 18.0. The predicted octanol–water partition coefficient (Wildman–Crippen LogP) is 4.07. The number of unbranched alkanes of at least 4 members (excludes halogenated alkanes) is 5. The second-order valence-corrected chi connectivity index (χ2v) is 8.56. The lowest BCUT2D eigenvalue weighted by Crippen LogP contribution is -2.59. The van der Waals surface area contributed by atoms with Crippen molar-refractivity contribution in [1.82, 2.24) is 0 Å². The van der Waals surface area contributed by atoms with Crippen LogP contribution in [0, 0.1) is 23.7 Å². The Bertz CT molecular complexity index is 616. The molecular formula is C24H38O5. The van der Waals surface area contributed by atoms with Gasteiger partial charge in [-0.25, -0.2) is 0 Å². The summed E-state index contributed by atoms with van der Waals surface area (Å²) in [5.74, 6) is 5.34. The van der Waals surface area contributed by atoms with Crippen molar-refractivity contribution in [3.63, 3.8) is 0 Å². The Labute approximate surface area is 175 Å². The summed E-state index contributed by atoms with van der Waals surface area (Å²) in [6.45, 7) is 2.19. The highest BCUT2D eigenvalue weighted by Gasteiger charge is 2.58. The van der Waals surface area contributed by atoms with Crippen LogP contribution < -0.4 is 0 Å². The minimum absolute atomic E-state index is 0.131. The van der Waals surface area contributed by atoms with Crippen LogP contribution in [0.1, 0.15) is 84.0 Å². The molecule has 0 aromatic rings. The van der Waals surface area contributed by atoms with Gasteiger partial charge in [0.25, 0.3) is 0 Å². The van der Waals surface area contributed by atoms with Crippen molar-refractivity contribution in [3.8, 4) is 11.8 Å². The average Bonchev–Trinajstić information content (AvgIpc) is 2.68. The first-order valence-corrected chi connectivity index (χ1v) is 11.3. The van der Waals surface area contributed by atoms with Crippen molar-refractivity contribution >= 4 is 5.97 Å². The van der Waals surface area contributed by atoms with Gasteiger partial charge in [-0.05, 0) is 50.5 Å². The van der Waals surface area contributed by atoms with Gasteiger partial charge < -0.3 is 20.1 Å². The zero-order valence-corrected chi connectivity index (χ0v) is 18.0. The number of aliphatic hydroxyl groups is 2. The zero-order chi connectivity index (χ0) is 21.3. The molecule has 0 aromatic heterocycles. The Morgan fingerprint density at radius 1 is 1.31 bits per heavy atom. The molecule has 5 atom stereocenters. The maximum absolute atomic E-state index is 10.7. The molecule has 29 heavy (non-hydrogen) atoms. The van der Waals surface area contributed by atoms with E-state index in [9.17, 15) is 15.0 Å². The number of allylic oxidation sites excluding steroid dienone is 1. The SMILES string of the molecule is CCCCCCCC(O)C#C[C@H]1[C@H](O)CC[C@]2(OC)C(=CCCCC(=O)O)C[C@H]12. The molecule has 164 valence electrons. The third-order valence-corrected chi connectivity index (χ3v) is 6.59. The van der Waals surface area contributed by atoms with Gasteiger partial charge in [-0.3, -0.25) is 4.79 Å². The van der Waals surface area contributed by atoms with Gasteiger partial charge in [0.1, 0.15) is 6.10 Å². The third-order valence-electron chi connectivity index (χ3n) is 6.59. The number of carboxylic acid groups (broad SMARTS) is 1. The smallest absolute Gasteiger partial charge is 0.303 e. The Morgan fingerprint density at radius 2 is 2.07 bits per heavy atom. The maximum Gasteiger partial charge on any atom is 0.303 e. The lowest BCUT2D eigenvalue weighted by molar-refractivity contribution is -0.138. The molecule has 0 heterocycles. The van der Waals surface area contributed by atoms with E-state index in [0.29, 0.717) is 19.3 Å². The van der Waals surface area contributed by atoms with Crippen molar-refractivity contribution in [2.24, 2.45) is 11.8 Å². The van der Waals surface area contributed by atoms with Gasteiger partial charge in [0, 0.05) is 19.4 Å². The van der Waals surface area contributed by atoms with Crippen molar-refractivity contribution in [2.75, 3.05) is 7.11 Å². The Morgan fingerprint density at radius 3 is 2.76 bits per heavy atom. The number of hydrogen-bond donors (Lipinski definition) is 3. The summed E-state index contributed by atoms with van der Waals surface area (Å²) in [4.78, 5) is 10.7. The predicted molar refractivity (Wildman–Crippen MR) is 113 cm³/mol. The summed E-state index contributed by atoms with van der Waals surface area (Å²) in [6.07, 6.45) is 11.2. The Hall–Kier alpha value is -1.35. The normalized spacial score (nSPS) is 30.8. The van der Waals surface area contributed by atoms with Crippen LogP contribution in [0.5, 0.6) is 0 Å². The van der Waals surface area contributed by atoms with E-state index in [1.165, 1.54) is 24.8 Å². The van der Waals surface area contributed by atoms with Gasteiger partial charge in [0.05, 0.1) is 17.6 Å². The van der Waals surface area contributed by atoms with Crippen LogP contribution in [0.25, 0.3) is 0 Å². The van der Waals surface area contributed by atoms with E-state index in [0.717, 1.165) is 32.1 Å². The molecule has 2 aliphatic rings. The molecule has 0 aliphatic heterocycles. The summed E-state index contributed by atoms with van der Waals surface area (Å²) < 4.78 is 5.93. The van der Waals surface area contributed by atoms with Gasteiger partial charge in [-0.1, -0.05) is 50.5 Å². The summed E-state index contributed by atoms with van der Waals surface area (Å²) >= 11 is 0. The molecule has 0 spiro atoms. The van der Waals surface area contributed by atoms with Crippen LogP contribution in [0.4, 0.5) is 0 Å². The first kappa shape index (κ1) is 23.9. The van der Waals surface area contributed by atoms with Gasteiger partial charge in [-0.15, -0.1) is 0 Å². The fourth-order valence-electron chi connectivity index (χ4n) is 4.83. The van der Waals surface area contributed by atoms with Crippen LogP contribution in [-0.2, 0) is 9.53 Å². The minimum Gasteiger partial charge on any atom is -0.481 e. The number of rotatable bonds is 11. The van der Waals surface area contributed by atoms with E-state index in [-0.39, 0.29) is 23.9 Å². The van der Waals surface area contributed by atoms with Gasteiger partial charge >= 0.3 is 5.97 Å². The molecule has 0 radical (unpaired) electrons. The van der Waals surface area contributed by atoms with Crippen LogP contribution in [-0.4, -0.2) is 46.2 Å². The second-order valence-electron chi connectivity index (χ2n) is 8.56.